The molecule has 0 bridgehead atoms. The van der Waals surface area contributed by atoms with Gasteiger partial charge in [0.2, 0.25) is 5.91 Å². The molecule has 2 atom stereocenters. The molecule has 1 aromatic carbocycles. The summed E-state index contributed by atoms with van der Waals surface area (Å²) < 4.78 is 10.7. The molecular weight excluding hydrogens is 284 g/mol. The number of nitrogens with zero attached hydrogens (tertiary/aromatic N) is 1. The summed E-state index contributed by atoms with van der Waals surface area (Å²) in [6, 6.07) is 3.55. The lowest BCUT2D eigenvalue weighted by Crippen LogP contribution is -2.39. The highest BCUT2D eigenvalue weighted by Crippen LogP contribution is 2.39. The minimum Gasteiger partial charge on any atom is -0.496 e. The van der Waals surface area contributed by atoms with Crippen molar-refractivity contribution in [2.45, 2.75) is 38.5 Å². The summed E-state index contributed by atoms with van der Waals surface area (Å²) in [5.74, 6) is 1.26. The van der Waals surface area contributed by atoms with Gasteiger partial charge in [-0.05, 0) is 25.5 Å². The Balaban J connectivity index is 2.26. The maximum absolute atomic E-state index is 12.3. The summed E-state index contributed by atoms with van der Waals surface area (Å²) in [5, 5.41) is 10.4. The van der Waals surface area contributed by atoms with Crippen molar-refractivity contribution in [3.63, 3.8) is 0 Å². The normalized spacial score (nSPS) is 18.6. The molecule has 0 radical (unpaired) electrons. The molecule has 2 unspecified atom stereocenters. The lowest BCUT2D eigenvalue weighted by atomic mass is 9.94. The zero-order chi connectivity index (χ0) is 16.3. The number of methoxy groups -OCH3 is 2. The van der Waals surface area contributed by atoms with Gasteiger partial charge in [-0.2, -0.15) is 0 Å². The Bertz CT molecular complexity index is 545. The Morgan fingerprint density at radius 1 is 1.41 bits per heavy atom. The molecule has 2 rings (SSSR count). The molecule has 122 valence electrons. The number of aliphatic hydroxyl groups excluding tert-OH is 1. The minimum atomic E-state index is -0.784. The SMILES string of the molecule is COc1ccc(OC)c2c1CN(C(=O)CCC(C)N)CC2O. The highest BCUT2D eigenvalue weighted by atomic mass is 16.5. The Kier molecular flexibility index (Phi) is 5.26. The summed E-state index contributed by atoms with van der Waals surface area (Å²) in [6.07, 6.45) is 0.229. The highest BCUT2D eigenvalue weighted by Gasteiger charge is 2.31. The van der Waals surface area contributed by atoms with Gasteiger partial charge in [0.25, 0.3) is 0 Å². The first-order valence-corrected chi connectivity index (χ1v) is 7.43. The molecule has 0 saturated heterocycles. The van der Waals surface area contributed by atoms with Crippen molar-refractivity contribution in [3.05, 3.63) is 23.3 Å². The smallest absolute Gasteiger partial charge is 0.223 e. The van der Waals surface area contributed by atoms with E-state index in [2.05, 4.69) is 0 Å². The van der Waals surface area contributed by atoms with E-state index >= 15 is 0 Å². The molecule has 1 aromatic rings. The maximum Gasteiger partial charge on any atom is 0.223 e. The number of amides is 1. The molecule has 1 aliphatic rings. The van der Waals surface area contributed by atoms with Gasteiger partial charge in [0.15, 0.2) is 0 Å². The molecule has 1 heterocycles. The van der Waals surface area contributed by atoms with Crippen molar-refractivity contribution in [1.29, 1.82) is 0 Å². The van der Waals surface area contributed by atoms with Gasteiger partial charge in [0.1, 0.15) is 17.6 Å². The number of nitrogens with two attached hydrogens (primary N) is 1. The molecule has 3 N–H and O–H groups in total. The molecule has 6 heteroatoms. The third kappa shape index (κ3) is 3.34. The number of carbonyl (C=O) groups excluding carboxylic acids is 1. The molecular formula is C16H24N2O4. The Labute approximate surface area is 130 Å². The van der Waals surface area contributed by atoms with E-state index in [1.165, 1.54) is 0 Å². The highest BCUT2D eigenvalue weighted by molar-refractivity contribution is 5.77. The van der Waals surface area contributed by atoms with Gasteiger partial charge in [0.05, 0.1) is 20.8 Å². The molecule has 0 aliphatic carbocycles. The molecule has 0 aromatic heterocycles. The number of β-amino-alcohol motifs (C(OH)–C–C–N with tert-alkyl or cyclic N) is 1. The van der Waals surface area contributed by atoms with Crippen molar-refractivity contribution in [2.75, 3.05) is 20.8 Å². The monoisotopic (exact) mass is 308 g/mol. The van der Waals surface area contributed by atoms with Gasteiger partial charge in [-0.1, -0.05) is 0 Å². The Morgan fingerprint density at radius 3 is 2.64 bits per heavy atom. The first-order chi connectivity index (χ1) is 10.5. The van der Waals surface area contributed by atoms with Crippen LogP contribution in [0.2, 0.25) is 0 Å². The standard InChI is InChI=1S/C16H24N2O4/c1-10(17)4-7-15(20)18-8-11-13(21-2)5-6-14(22-3)16(11)12(19)9-18/h5-6,10,12,19H,4,7-9,17H2,1-3H3. The third-order valence-electron chi connectivity index (χ3n) is 3.96. The van der Waals surface area contributed by atoms with Crippen LogP contribution in [0.1, 0.15) is 37.0 Å². The average molecular weight is 308 g/mol. The van der Waals surface area contributed by atoms with Crippen LogP contribution in [-0.4, -0.2) is 42.7 Å². The van der Waals surface area contributed by atoms with Crippen LogP contribution >= 0.6 is 0 Å². The first-order valence-electron chi connectivity index (χ1n) is 7.43. The summed E-state index contributed by atoms with van der Waals surface area (Å²) in [5.41, 5.74) is 7.21. The number of carbonyl (C=O) groups is 1. The van der Waals surface area contributed by atoms with Crippen molar-refractivity contribution >= 4 is 5.91 Å². The van der Waals surface area contributed by atoms with E-state index in [-0.39, 0.29) is 18.5 Å². The van der Waals surface area contributed by atoms with Crippen molar-refractivity contribution < 1.29 is 19.4 Å². The third-order valence-corrected chi connectivity index (χ3v) is 3.96. The van der Waals surface area contributed by atoms with Gasteiger partial charge in [-0.25, -0.2) is 0 Å². The van der Waals surface area contributed by atoms with E-state index in [0.29, 0.717) is 36.4 Å². The fourth-order valence-electron chi connectivity index (χ4n) is 2.78. The Morgan fingerprint density at radius 2 is 2.05 bits per heavy atom. The molecule has 6 nitrogen and oxygen atoms in total. The van der Waals surface area contributed by atoms with E-state index in [0.717, 1.165) is 5.56 Å². The first kappa shape index (κ1) is 16.6. The number of ether oxygens (including phenoxy) is 2. The Hall–Kier alpha value is -1.79. The van der Waals surface area contributed by atoms with Crippen molar-refractivity contribution in [2.24, 2.45) is 5.73 Å². The van der Waals surface area contributed by atoms with Gasteiger partial charge in [-0.3, -0.25) is 4.79 Å². The number of hydrogen-bond donors (Lipinski definition) is 2. The molecule has 22 heavy (non-hydrogen) atoms. The topological polar surface area (TPSA) is 85.0 Å². The van der Waals surface area contributed by atoms with E-state index in [1.807, 2.05) is 6.92 Å². The molecule has 0 saturated carbocycles. The van der Waals surface area contributed by atoms with E-state index in [1.54, 1.807) is 31.3 Å². The summed E-state index contributed by atoms with van der Waals surface area (Å²) >= 11 is 0. The fraction of sp³-hybridized carbons (Fsp3) is 0.562. The van der Waals surface area contributed by atoms with Crippen LogP contribution in [0.3, 0.4) is 0 Å². The summed E-state index contributed by atoms with van der Waals surface area (Å²) in [6.45, 7) is 2.54. The zero-order valence-corrected chi connectivity index (χ0v) is 13.3. The van der Waals surface area contributed by atoms with Crippen LogP contribution in [0.4, 0.5) is 0 Å². The number of fused-ring (bicyclic) bond motifs is 1. The second-order valence-electron chi connectivity index (χ2n) is 5.67. The van der Waals surface area contributed by atoms with Crippen LogP contribution < -0.4 is 15.2 Å². The summed E-state index contributed by atoms with van der Waals surface area (Å²) in [4.78, 5) is 13.9. The van der Waals surface area contributed by atoms with E-state index in [4.69, 9.17) is 15.2 Å². The summed E-state index contributed by atoms with van der Waals surface area (Å²) in [7, 11) is 3.14. The quantitative estimate of drug-likeness (QED) is 0.854. The molecule has 0 spiro atoms. The van der Waals surface area contributed by atoms with E-state index in [9.17, 15) is 9.90 Å². The molecule has 1 aliphatic heterocycles. The second-order valence-corrected chi connectivity index (χ2v) is 5.67. The lowest BCUT2D eigenvalue weighted by molar-refractivity contribution is -0.134. The zero-order valence-electron chi connectivity index (χ0n) is 13.3. The van der Waals surface area contributed by atoms with Gasteiger partial charge in [-0.15, -0.1) is 0 Å². The fourth-order valence-corrected chi connectivity index (χ4v) is 2.78. The van der Waals surface area contributed by atoms with Crippen LogP contribution in [0.25, 0.3) is 0 Å². The van der Waals surface area contributed by atoms with E-state index < -0.39 is 6.10 Å². The number of aliphatic hydroxyl groups is 1. The van der Waals surface area contributed by atoms with Gasteiger partial charge < -0.3 is 25.2 Å². The van der Waals surface area contributed by atoms with Crippen LogP contribution in [-0.2, 0) is 11.3 Å². The molecule has 0 fully saturated rings. The minimum absolute atomic E-state index is 0.00753. The number of benzene rings is 1. The van der Waals surface area contributed by atoms with Gasteiger partial charge in [0, 0.05) is 30.1 Å². The lowest BCUT2D eigenvalue weighted by Gasteiger charge is -2.34. The maximum atomic E-state index is 12.3. The predicted molar refractivity (Wildman–Crippen MR) is 82.8 cm³/mol. The van der Waals surface area contributed by atoms with Gasteiger partial charge >= 0.3 is 0 Å². The molecule has 1 amide bonds. The predicted octanol–water partition coefficient (Wildman–Crippen LogP) is 1.21. The van der Waals surface area contributed by atoms with Crippen LogP contribution in [0.5, 0.6) is 11.5 Å². The number of rotatable bonds is 5. The van der Waals surface area contributed by atoms with Crippen molar-refractivity contribution in [1.82, 2.24) is 4.90 Å². The average Bonchev–Trinajstić information content (AvgIpc) is 2.51. The second kappa shape index (κ2) is 6.98. The number of hydrogen-bond acceptors (Lipinski definition) is 5. The van der Waals surface area contributed by atoms with Crippen LogP contribution in [0, 0.1) is 0 Å². The largest absolute Gasteiger partial charge is 0.496 e. The van der Waals surface area contributed by atoms with Crippen LogP contribution in [0.15, 0.2) is 12.1 Å². The van der Waals surface area contributed by atoms with Crippen molar-refractivity contribution in [3.8, 4) is 11.5 Å².